The highest BCUT2D eigenvalue weighted by atomic mass is 19.3. The Balaban J connectivity index is 1.84. The topological polar surface area (TPSA) is 60.1 Å². The molecule has 0 atom stereocenters. The number of aromatic nitrogens is 3. The van der Waals surface area contributed by atoms with Gasteiger partial charge >= 0.3 is 5.69 Å². The highest BCUT2D eigenvalue weighted by molar-refractivity contribution is 5.76. The fourth-order valence-corrected chi connectivity index (χ4v) is 1.93. The maximum atomic E-state index is 12.1. The normalized spacial score (nSPS) is 16.1. The van der Waals surface area contributed by atoms with Crippen LogP contribution in [0.5, 0.6) is 0 Å². The average Bonchev–Trinajstić information content (AvgIpc) is 2.54. The van der Waals surface area contributed by atoms with Crippen molar-refractivity contribution in [3.63, 3.8) is 0 Å². The summed E-state index contributed by atoms with van der Waals surface area (Å²) >= 11 is 0. The van der Waals surface area contributed by atoms with Crippen LogP contribution in [0.1, 0.15) is 6.42 Å². The van der Waals surface area contributed by atoms with Crippen LogP contribution in [0.3, 0.4) is 0 Å². The highest BCUT2D eigenvalue weighted by Gasteiger charge is 2.32. The minimum Gasteiger partial charge on any atom is -0.340 e. The zero-order valence-electron chi connectivity index (χ0n) is 9.92. The van der Waals surface area contributed by atoms with Crippen LogP contribution in [-0.2, 0) is 18.4 Å². The van der Waals surface area contributed by atoms with Crippen molar-refractivity contribution >= 4 is 5.91 Å². The molecule has 8 heteroatoms. The number of rotatable bonds is 4. The fraction of sp³-hybridized carbons (Fsp3) is 0.700. The zero-order chi connectivity index (χ0) is 13.3. The number of hydrogen-bond acceptors (Lipinski definition) is 3. The molecule has 0 radical (unpaired) electrons. The van der Waals surface area contributed by atoms with Crippen molar-refractivity contribution in [2.45, 2.75) is 19.4 Å². The van der Waals surface area contributed by atoms with E-state index < -0.39 is 6.43 Å². The summed E-state index contributed by atoms with van der Waals surface area (Å²) in [5.74, 6) is -0.393. The first-order valence-corrected chi connectivity index (χ1v) is 5.61. The van der Waals surface area contributed by atoms with Crippen LogP contribution in [0.15, 0.2) is 11.1 Å². The lowest BCUT2D eigenvalue weighted by molar-refractivity contribution is -0.139. The van der Waals surface area contributed by atoms with Gasteiger partial charge < -0.3 is 4.90 Å². The summed E-state index contributed by atoms with van der Waals surface area (Å²) in [6, 6.07) is 0. The lowest BCUT2D eigenvalue weighted by Crippen LogP contribution is -2.52. The molecule has 100 valence electrons. The SMILES string of the molecule is Cn1cnn(CC(=O)N2CC(CC(F)F)C2)c1=O. The number of nitrogens with zero attached hydrogens (tertiary/aromatic N) is 4. The van der Waals surface area contributed by atoms with E-state index in [0.717, 1.165) is 4.68 Å². The summed E-state index contributed by atoms with van der Waals surface area (Å²) < 4.78 is 26.5. The first-order valence-electron chi connectivity index (χ1n) is 5.61. The third-order valence-corrected chi connectivity index (χ3v) is 2.99. The Hall–Kier alpha value is -1.73. The molecule has 0 saturated carbocycles. The van der Waals surface area contributed by atoms with Gasteiger partial charge in [0, 0.05) is 26.6 Å². The molecule has 1 aliphatic rings. The van der Waals surface area contributed by atoms with Gasteiger partial charge in [-0.2, -0.15) is 5.10 Å². The van der Waals surface area contributed by atoms with E-state index in [4.69, 9.17) is 0 Å². The predicted molar refractivity (Wildman–Crippen MR) is 58.2 cm³/mol. The van der Waals surface area contributed by atoms with Gasteiger partial charge in [0.05, 0.1) is 0 Å². The Morgan fingerprint density at radius 3 is 2.72 bits per heavy atom. The standard InChI is InChI=1S/C10H14F2N4O2/c1-14-6-13-16(10(14)18)5-9(17)15-3-7(4-15)2-8(11)12/h6-8H,2-5H2,1H3. The van der Waals surface area contributed by atoms with Gasteiger partial charge in [0.2, 0.25) is 12.3 Å². The molecule has 0 N–H and O–H groups in total. The minimum absolute atomic E-state index is 0.130. The van der Waals surface area contributed by atoms with Gasteiger partial charge in [0.25, 0.3) is 0 Å². The average molecular weight is 260 g/mol. The van der Waals surface area contributed by atoms with Gasteiger partial charge in [-0.15, -0.1) is 0 Å². The van der Waals surface area contributed by atoms with Crippen molar-refractivity contribution in [2.75, 3.05) is 13.1 Å². The second kappa shape index (κ2) is 4.87. The number of halogens is 2. The number of hydrogen-bond donors (Lipinski definition) is 0. The number of aryl methyl sites for hydroxylation is 1. The Labute approximate surface area is 102 Å². The monoisotopic (exact) mass is 260 g/mol. The van der Waals surface area contributed by atoms with Crippen molar-refractivity contribution in [2.24, 2.45) is 13.0 Å². The fourth-order valence-electron chi connectivity index (χ4n) is 1.93. The molecule has 1 aromatic heterocycles. The second-order valence-electron chi connectivity index (χ2n) is 4.47. The first kappa shape index (κ1) is 12.7. The van der Waals surface area contributed by atoms with E-state index in [9.17, 15) is 18.4 Å². The first-order chi connectivity index (χ1) is 8.47. The van der Waals surface area contributed by atoms with Gasteiger partial charge in [-0.05, 0) is 5.92 Å². The summed E-state index contributed by atoms with van der Waals surface area (Å²) in [6.45, 7) is 0.538. The molecule has 0 aromatic carbocycles. The van der Waals surface area contributed by atoms with Gasteiger partial charge in [-0.25, -0.2) is 18.3 Å². The lowest BCUT2D eigenvalue weighted by Gasteiger charge is -2.39. The van der Waals surface area contributed by atoms with Gasteiger partial charge in [0.1, 0.15) is 12.9 Å². The lowest BCUT2D eigenvalue weighted by atomic mass is 9.96. The third kappa shape index (κ3) is 2.57. The van der Waals surface area contributed by atoms with E-state index in [1.54, 1.807) is 7.05 Å². The quantitative estimate of drug-likeness (QED) is 0.746. The maximum absolute atomic E-state index is 12.1. The third-order valence-electron chi connectivity index (χ3n) is 2.99. The van der Waals surface area contributed by atoms with E-state index in [1.165, 1.54) is 15.8 Å². The number of carbonyl (C=O) groups excluding carboxylic acids is 1. The van der Waals surface area contributed by atoms with Crippen molar-refractivity contribution in [1.82, 2.24) is 19.2 Å². The highest BCUT2D eigenvalue weighted by Crippen LogP contribution is 2.22. The molecule has 1 fully saturated rings. The summed E-state index contributed by atoms with van der Waals surface area (Å²) in [6.07, 6.45) is -1.18. The van der Waals surface area contributed by atoms with E-state index in [-0.39, 0.29) is 30.5 Å². The Kier molecular flexibility index (Phi) is 3.44. The number of alkyl halides is 2. The van der Waals surface area contributed by atoms with E-state index in [2.05, 4.69) is 5.10 Å². The van der Waals surface area contributed by atoms with Gasteiger partial charge in [0.15, 0.2) is 0 Å². The summed E-state index contributed by atoms with van der Waals surface area (Å²) in [5.41, 5.74) is -0.368. The molecule has 0 spiro atoms. The number of amides is 1. The molecule has 0 bridgehead atoms. The molecule has 2 heterocycles. The Morgan fingerprint density at radius 1 is 1.56 bits per heavy atom. The predicted octanol–water partition coefficient (Wildman–Crippen LogP) is -0.305. The zero-order valence-corrected chi connectivity index (χ0v) is 9.92. The Bertz CT molecular complexity index is 490. The van der Waals surface area contributed by atoms with Crippen molar-refractivity contribution in [1.29, 1.82) is 0 Å². The second-order valence-corrected chi connectivity index (χ2v) is 4.47. The smallest absolute Gasteiger partial charge is 0.340 e. The van der Waals surface area contributed by atoms with Crippen LogP contribution < -0.4 is 5.69 Å². The van der Waals surface area contributed by atoms with Crippen LogP contribution in [0.25, 0.3) is 0 Å². The molecular formula is C10H14F2N4O2. The van der Waals surface area contributed by atoms with Crippen LogP contribution in [0.2, 0.25) is 0 Å². The number of carbonyl (C=O) groups is 1. The van der Waals surface area contributed by atoms with Gasteiger partial charge in [-0.1, -0.05) is 0 Å². The van der Waals surface area contributed by atoms with E-state index >= 15 is 0 Å². The largest absolute Gasteiger partial charge is 0.345 e. The molecule has 6 nitrogen and oxygen atoms in total. The summed E-state index contributed by atoms with van der Waals surface area (Å²) in [7, 11) is 1.54. The Morgan fingerprint density at radius 2 is 2.22 bits per heavy atom. The van der Waals surface area contributed by atoms with E-state index in [1.807, 2.05) is 0 Å². The van der Waals surface area contributed by atoms with Crippen LogP contribution in [-0.4, -0.2) is 44.7 Å². The molecule has 1 amide bonds. The molecule has 2 rings (SSSR count). The number of likely N-dealkylation sites (tertiary alicyclic amines) is 1. The molecule has 1 aromatic rings. The van der Waals surface area contributed by atoms with Crippen molar-refractivity contribution in [3.8, 4) is 0 Å². The molecular weight excluding hydrogens is 246 g/mol. The molecule has 0 unspecified atom stereocenters. The molecule has 0 aliphatic carbocycles. The molecule has 18 heavy (non-hydrogen) atoms. The van der Waals surface area contributed by atoms with Crippen LogP contribution in [0, 0.1) is 5.92 Å². The summed E-state index contributed by atoms with van der Waals surface area (Å²) in [4.78, 5) is 24.6. The minimum atomic E-state index is -2.33. The van der Waals surface area contributed by atoms with Crippen molar-refractivity contribution < 1.29 is 13.6 Å². The van der Waals surface area contributed by atoms with Crippen LogP contribution >= 0.6 is 0 Å². The van der Waals surface area contributed by atoms with Crippen LogP contribution in [0.4, 0.5) is 8.78 Å². The maximum Gasteiger partial charge on any atom is 0.345 e. The van der Waals surface area contributed by atoms with Crippen molar-refractivity contribution in [3.05, 3.63) is 16.8 Å². The van der Waals surface area contributed by atoms with E-state index in [0.29, 0.717) is 13.1 Å². The summed E-state index contributed by atoms with van der Waals surface area (Å²) in [5, 5.41) is 3.76. The molecule has 1 aliphatic heterocycles. The van der Waals surface area contributed by atoms with Gasteiger partial charge in [-0.3, -0.25) is 9.36 Å². The molecule has 1 saturated heterocycles.